The van der Waals surface area contributed by atoms with E-state index in [-0.39, 0.29) is 53.9 Å². The number of likely N-dealkylation sites (tertiary alicyclic amines) is 1. The van der Waals surface area contributed by atoms with Gasteiger partial charge in [0.25, 0.3) is 0 Å². The monoisotopic (exact) mass is 428 g/mol. The summed E-state index contributed by atoms with van der Waals surface area (Å²) >= 11 is 0. The maximum atomic E-state index is 13.0. The van der Waals surface area contributed by atoms with Crippen LogP contribution in [0.1, 0.15) is 64.2 Å². The van der Waals surface area contributed by atoms with Gasteiger partial charge < -0.3 is 21.3 Å². The van der Waals surface area contributed by atoms with Gasteiger partial charge in [0.15, 0.2) is 0 Å². The number of carbonyl (C=O) groups is 3. The Hall–Kier alpha value is -1.34. The van der Waals surface area contributed by atoms with E-state index in [1.807, 2.05) is 4.90 Å². The van der Waals surface area contributed by atoms with Crippen LogP contribution in [0.15, 0.2) is 0 Å². The number of amides is 3. The van der Waals surface area contributed by atoms with Crippen molar-refractivity contribution in [1.82, 2.24) is 15.5 Å². The quantitative estimate of drug-likeness (QED) is 0.597. The molecule has 29 heavy (non-hydrogen) atoms. The van der Waals surface area contributed by atoms with Crippen molar-refractivity contribution in [3.63, 3.8) is 0 Å². The number of hydrogen-bond donors (Lipinski definition) is 3. The molecule has 3 fully saturated rings. The van der Waals surface area contributed by atoms with Crippen LogP contribution in [0.4, 0.5) is 0 Å². The number of nitrogens with zero attached hydrogens (tertiary/aromatic N) is 1. The molecular weight excluding hydrogens is 392 g/mol. The molecule has 3 rings (SSSR count). The van der Waals surface area contributed by atoms with E-state index in [0.29, 0.717) is 19.6 Å². The highest BCUT2D eigenvalue weighted by Crippen LogP contribution is 2.29. The number of piperidine rings is 1. The van der Waals surface area contributed by atoms with Crippen LogP contribution in [-0.2, 0) is 14.4 Å². The van der Waals surface area contributed by atoms with Crippen molar-refractivity contribution < 1.29 is 14.4 Å². The Labute approximate surface area is 180 Å². The predicted molar refractivity (Wildman–Crippen MR) is 114 cm³/mol. The summed E-state index contributed by atoms with van der Waals surface area (Å²) in [5, 5.41) is 6.06. The molecule has 1 unspecified atom stereocenters. The van der Waals surface area contributed by atoms with Gasteiger partial charge in [-0.25, -0.2) is 0 Å². The van der Waals surface area contributed by atoms with Crippen LogP contribution in [0.3, 0.4) is 0 Å². The largest absolute Gasteiger partial charge is 0.355 e. The molecule has 0 aromatic rings. The Morgan fingerprint density at radius 3 is 2.14 bits per heavy atom. The fourth-order valence-corrected chi connectivity index (χ4v) is 4.98. The van der Waals surface area contributed by atoms with E-state index >= 15 is 0 Å². The van der Waals surface area contributed by atoms with Crippen molar-refractivity contribution in [3.8, 4) is 0 Å². The molecule has 3 aliphatic rings. The predicted octanol–water partition coefficient (Wildman–Crippen LogP) is 1.59. The number of halogens is 1. The fourth-order valence-electron chi connectivity index (χ4n) is 4.98. The molecule has 1 heterocycles. The summed E-state index contributed by atoms with van der Waals surface area (Å²) in [6.07, 6.45) is 9.50. The third-order valence-electron chi connectivity index (χ3n) is 6.70. The highest BCUT2D eigenvalue weighted by atomic mass is 35.5. The molecular formula is C21H37ClN4O3. The van der Waals surface area contributed by atoms with Gasteiger partial charge in [-0.1, -0.05) is 12.8 Å². The van der Waals surface area contributed by atoms with Crippen LogP contribution in [-0.4, -0.2) is 54.8 Å². The summed E-state index contributed by atoms with van der Waals surface area (Å²) in [4.78, 5) is 39.4. The summed E-state index contributed by atoms with van der Waals surface area (Å²) in [6.45, 7) is 2.19. The first kappa shape index (κ1) is 23.9. The van der Waals surface area contributed by atoms with E-state index in [1.54, 1.807) is 0 Å². The Bertz CT molecular complexity index is 560. The summed E-state index contributed by atoms with van der Waals surface area (Å²) in [5.74, 6) is 0.541. The van der Waals surface area contributed by atoms with Crippen molar-refractivity contribution in [2.45, 2.75) is 70.3 Å². The molecule has 0 bridgehead atoms. The highest BCUT2D eigenvalue weighted by molar-refractivity contribution is 5.85. The third kappa shape index (κ3) is 6.57. The smallest absolute Gasteiger partial charge is 0.225 e. The van der Waals surface area contributed by atoms with Gasteiger partial charge in [0.1, 0.15) is 0 Å². The summed E-state index contributed by atoms with van der Waals surface area (Å²) in [6, 6.07) is 0.216. The van der Waals surface area contributed by atoms with E-state index < -0.39 is 0 Å². The molecule has 1 aliphatic heterocycles. The Kier molecular flexibility index (Phi) is 9.69. The number of carbonyl (C=O) groups excluding carboxylic acids is 3. The van der Waals surface area contributed by atoms with Gasteiger partial charge in [0, 0.05) is 44.1 Å². The van der Waals surface area contributed by atoms with Crippen molar-refractivity contribution in [3.05, 3.63) is 0 Å². The minimum atomic E-state index is -0.119. The maximum Gasteiger partial charge on any atom is 0.225 e. The van der Waals surface area contributed by atoms with Crippen LogP contribution >= 0.6 is 12.4 Å². The summed E-state index contributed by atoms with van der Waals surface area (Å²) in [7, 11) is 0. The van der Waals surface area contributed by atoms with Gasteiger partial charge in [-0.05, 0) is 51.4 Å². The van der Waals surface area contributed by atoms with Crippen molar-refractivity contribution in [2.24, 2.45) is 23.5 Å². The first-order chi connectivity index (χ1) is 13.6. The van der Waals surface area contributed by atoms with Crippen LogP contribution in [0.5, 0.6) is 0 Å². The van der Waals surface area contributed by atoms with E-state index in [4.69, 9.17) is 5.73 Å². The minimum Gasteiger partial charge on any atom is -0.355 e. The standard InChI is InChI=1S/C21H36N4O3.ClH/c22-11-12-23-19(26)17-6-3-13-25(14-17)21(28)16-7-9-18(10-8-16)24-20(27)15-4-1-2-5-15;/h15-18H,1-14,22H2,(H,23,26)(H,24,27);1H. The van der Waals surface area contributed by atoms with Crippen LogP contribution < -0.4 is 16.4 Å². The molecule has 0 radical (unpaired) electrons. The molecule has 0 aromatic heterocycles. The second kappa shape index (κ2) is 11.7. The molecule has 2 saturated carbocycles. The normalized spacial score (nSPS) is 27.8. The lowest BCUT2D eigenvalue weighted by Crippen LogP contribution is -2.49. The average Bonchev–Trinajstić information content (AvgIpc) is 3.27. The molecule has 1 saturated heterocycles. The number of rotatable bonds is 6. The van der Waals surface area contributed by atoms with Crippen LogP contribution in [0, 0.1) is 17.8 Å². The first-order valence-electron chi connectivity index (χ1n) is 11.2. The zero-order chi connectivity index (χ0) is 19.9. The Morgan fingerprint density at radius 1 is 0.828 bits per heavy atom. The molecule has 7 nitrogen and oxygen atoms in total. The molecule has 4 N–H and O–H groups in total. The Morgan fingerprint density at radius 2 is 1.48 bits per heavy atom. The lowest BCUT2D eigenvalue weighted by molar-refractivity contribution is -0.140. The zero-order valence-electron chi connectivity index (χ0n) is 17.4. The number of hydrogen-bond acceptors (Lipinski definition) is 4. The molecule has 8 heteroatoms. The highest BCUT2D eigenvalue weighted by Gasteiger charge is 2.34. The van der Waals surface area contributed by atoms with Gasteiger partial charge in [-0.15, -0.1) is 12.4 Å². The molecule has 0 aromatic carbocycles. The molecule has 166 valence electrons. The topological polar surface area (TPSA) is 105 Å². The molecule has 2 aliphatic carbocycles. The van der Waals surface area contributed by atoms with E-state index in [9.17, 15) is 14.4 Å². The van der Waals surface area contributed by atoms with E-state index in [1.165, 1.54) is 12.8 Å². The lowest BCUT2D eigenvalue weighted by Gasteiger charge is -2.36. The second-order valence-electron chi connectivity index (χ2n) is 8.74. The maximum absolute atomic E-state index is 13.0. The zero-order valence-corrected chi connectivity index (χ0v) is 18.2. The summed E-state index contributed by atoms with van der Waals surface area (Å²) < 4.78 is 0. The van der Waals surface area contributed by atoms with Gasteiger partial charge in [-0.2, -0.15) is 0 Å². The van der Waals surface area contributed by atoms with Gasteiger partial charge in [0.05, 0.1) is 5.92 Å². The SMILES string of the molecule is Cl.NCCNC(=O)C1CCCN(C(=O)C2CCC(NC(=O)C3CCCC3)CC2)C1. The van der Waals surface area contributed by atoms with E-state index in [0.717, 1.165) is 57.9 Å². The van der Waals surface area contributed by atoms with Gasteiger partial charge in [0.2, 0.25) is 17.7 Å². The van der Waals surface area contributed by atoms with Gasteiger partial charge in [-0.3, -0.25) is 14.4 Å². The first-order valence-corrected chi connectivity index (χ1v) is 11.2. The fraction of sp³-hybridized carbons (Fsp3) is 0.857. The van der Waals surface area contributed by atoms with Crippen LogP contribution in [0.2, 0.25) is 0 Å². The molecule has 3 amide bonds. The van der Waals surface area contributed by atoms with Crippen molar-refractivity contribution in [2.75, 3.05) is 26.2 Å². The van der Waals surface area contributed by atoms with Crippen molar-refractivity contribution >= 4 is 30.1 Å². The van der Waals surface area contributed by atoms with E-state index in [2.05, 4.69) is 10.6 Å². The number of nitrogens with two attached hydrogens (primary N) is 1. The minimum absolute atomic E-state index is 0. The second-order valence-corrected chi connectivity index (χ2v) is 8.74. The molecule has 1 atom stereocenters. The number of nitrogens with one attached hydrogen (secondary N) is 2. The van der Waals surface area contributed by atoms with Gasteiger partial charge >= 0.3 is 0 Å². The summed E-state index contributed by atoms with van der Waals surface area (Å²) in [5.41, 5.74) is 5.45. The average molecular weight is 429 g/mol. The Balaban J connectivity index is 0.00000300. The third-order valence-corrected chi connectivity index (χ3v) is 6.70. The van der Waals surface area contributed by atoms with Crippen molar-refractivity contribution in [1.29, 1.82) is 0 Å². The lowest BCUT2D eigenvalue weighted by atomic mass is 9.84. The van der Waals surface area contributed by atoms with Crippen LogP contribution in [0.25, 0.3) is 0 Å². The molecule has 0 spiro atoms.